The molecular weight excluding hydrogens is 346 g/mol. The lowest BCUT2D eigenvalue weighted by molar-refractivity contribution is 0.0648. The highest BCUT2D eigenvalue weighted by Crippen LogP contribution is 2.40. The summed E-state index contributed by atoms with van der Waals surface area (Å²) in [6.45, 7) is 2.03. The molecule has 3 aromatic heterocycles. The summed E-state index contributed by atoms with van der Waals surface area (Å²) in [7, 11) is 0. The van der Waals surface area contributed by atoms with Crippen molar-refractivity contribution >= 4 is 11.6 Å². The summed E-state index contributed by atoms with van der Waals surface area (Å²) in [5, 5.41) is 8.33. The Bertz CT molecular complexity index is 953. The first kappa shape index (κ1) is 16.3. The Morgan fingerprint density at radius 3 is 2.89 bits per heavy atom. The van der Waals surface area contributed by atoms with E-state index < -0.39 is 0 Å². The number of ether oxygens (including phenoxy) is 1. The van der Waals surface area contributed by atoms with Gasteiger partial charge in [-0.1, -0.05) is 5.16 Å². The van der Waals surface area contributed by atoms with Crippen LogP contribution in [-0.4, -0.2) is 50.3 Å². The molecule has 3 aromatic rings. The van der Waals surface area contributed by atoms with Gasteiger partial charge in [0.15, 0.2) is 11.3 Å². The lowest BCUT2D eigenvalue weighted by Crippen LogP contribution is -2.39. The molecule has 0 spiro atoms. The number of carbonyl (C=O) groups excluding carboxylic acids is 1. The Morgan fingerprint density at radius 2 is 2.07 bits per heavy atom. The maximum atomic E-state index is 12.6. The van der Waals surface area contributed by atoms with Gasteiger partial charge in [0.1, 0.15) is 5.76 Å². The summed E-state index contributed by atoms with van der Waals surface area (Å²) in [5.41, 5.74) is 1.23. The van der Waals surface area contributed by atoms with Crippen LogP contribution in [0, 0.1) is 5.92 Å². The highest BCUT2D eigenvalue weighted by molar-refractivity contribution is 5.92. The van der Waals surface area contributed by atoms with Crippen molar-refractivity contribution in [1.29, 1.82) is 0 Å². The second kappa shape index (κ2) is 6.68. The van der Waals surface area contributed by atoms with Gasteiger partial charge in [-0.15, -0.1) is 5.10 Å². The average molecular weight is 367 g/mol. The van der Waals surface area contributed by atoms with E-state index in [0.29, 0.717) is 43.1 Å². The van der Waals surface area contributed by atoms with Crippen LogP contribution in [0.15, 0.2) is 35.1 Å². The van der Waals surface area contributed by atoms with Gasteiger partial charge in [0.2, 0.25) is 5.88 Å². The molecular formula is C19H21N5O3. The molecule has 0 radical (unpaired) electrons. The minimum Gasteiger partial charge on any atom is -0.476 e. The Hall–Kier alpha value is -2.90. The second-order valence-electron chi connectivity index (χ2n) is 7.34. The fourth-order valence-electron chi connectivity index (χ4n) is 3.49. The predicted octanol–water partition coefficient (Wildman–Crippen LogP) is 2.53. The van der Waals surface area contributed by atoms with Gasteiger partial charge in [-0.05, 0) is 37.7 Å². The topological polar surface area (TPSA) is 85.8 Å². The Kier molecular flexibility index (Phi) is 4.03. The first-order valence-corrected chi connectivity index (χ1v) is 9.45. The van der Waals surface area contributed by atoms with Gasteiger partial charge in [-0.25, -0.2) is 9.50 Å². The summed E-state index contributed by atoms with van der Waals surface area (Å²) in [5.74, 6) is 2.29. The average Bonchev–Trinajstić information content (AvgIpc) is 3.25. The number of aromatic nitrogens is 4. The summed E-state index contributed by atoms with van der Waals surface area (Å²) in [6, 6.07) is 5.54. The molecule has 5 rings (SSSR count). The summed E-state index contributed by atoms with van der Waals surface area (Å²) < 4.78 is 12.9. The van der Waals surface area contributed by atoms with E-state index in [0.717, 1.165) is 37.1 Å². The molecule has 0 bridgehead atoms. The normalized spacial score (nSPS) is 18.1. The first-order valence-electron chi connectivity index (χ1n) is 9.45. The first-order chi connectivity index (χ1) is 13.3. The van der Waals surface area contributed by atoms with E-state index in [1.165, 1.54) is 0 Å². The van der Waals surface area contributed by atoms with Crippen LogP contribution in [0.4, 0.5) is 0 Å². The monoisotopic (exact) mass is 367 g/mol. The summed E-state index contributed by atoms with van der Waals surface area (Å²) in [6.07, 6.45) is 7.60. The molecule has 1 aliphatic heterocycles. The van der Waals surface area contributed by atoms with Gasteiger partial charge in [0.05, 0.1) is 6.61 Å². The zero-order valence-corrected chi connectivity index (χ0v) is 15.0. The van der Waals surface area contributed by atoms with E-state index in [1.54, 1.807) is 16.9 Å². The molecule has 1 amide bonds. The van der Waals surface area contributed by atoms with E-state index >= 15 is 0 Å². The molecule has 0 unspecified atom stereocenters. The molecule has 0 aromatic carbocycles. The molecule has 140 valence electrons. The van der Waals surface area contributed by atoms with E-state index in [9.17, 15) is 4.79 Å². The van der Waals surface area contributed by atoms with Crippen LogP contribution in [0.2, 0.25) is 0 Å². The van der Waals surface area contributed by atoms with Crippen LogP contribution in [0.25, 0.3) is 5.65 Å². The van der Waals surface area contributed by atoms with Crippen molar-refractivity contribution in [3.8, 4) is 5.88 Å². The van der Waals surface area contributed by atoms with Crippen molar-refractivity contribution in [2.24, 2.45) is 5.92 Å². The van der Waals surface area contributed by atoms with Crippen molar-refractivity contribution < 1.29 is 14.1 Å². The smallest absolute Gasteiger partial charge is 0.276 e. The highest BCUT2D eigenvalue weighted by Gasteiger charge is 2.31. The van der Waals surface area contributed by atoms with Crippen molar-refractivity contribution in [3.63, 3.8) is 0 Å². The third-order valence-electron chi connectivity index (χ3n) is 5.33. The quantitative estimate of drug-likeness (QED) is 0.689. The standard InChI is InChI=1S/C19H21N5O3/c25-19(15-11-16(27-22-15)14-1-2-14)23-8-5-13(6-9-23)12-26-18-4-3-17-20-7-10-24(17)21-18/h3-4,7,10-11,13-14H,1-2,5-6,8-9,12H2. The van der Waals surface area contributed by atoms with Gasteiger partial charge in [0, 0.05) is 43.5 Å². The number of nitrogens with zero attached hydrogens (tertiary/aromatic N) is 5. The maximum Gasteiger partial charge on any atom is 0.276 e. The molecule has 0 atom stereocenters. The Morgan fingerprint density at radius 1 is 1.22 bits per heavy atom. The highest BCUT2D eigenvalue weighted by atomic mass is 16.5. The van der Waals surface area contributed by atoms with Gasteiger partial charge < -0.3 is 14.2 Å². The lowest BCUT2D eigenvalue weighted by atomic mass is 9.97. The molecule has 0 N–H and O–H groups in total. The maximum absolute atomic E-state index is 12.6. The minimum absolute atomic E-state index is 0.0303. The summed E-state index contributed by atoms with van der Waals surface area (Å²) >= 11 is 0. The third-order valence-corrected chi connectivity index (χ3v) is 5.33. The Labute approximate surface area is 156 Å². The fraction of sp³-hybridized carbons (Fsp3) is 0.474. The number of imidazole rings is 1. The van der Waals surface area contributed by atoms with Crippen molar-refractivity contribution in [1.82, 2.24) is 24.7 Å². The molecule has 8 nitrogen and oxygen atoms in total. The van der Waals surface area contributed by atoms with E-state index in [-0.39, 0.29) is 5.91 Å². The molecule has 4 heterocycles. The van der Waals surface area contributed by atoms with Crippen LogP contribution in [0.1, 0.15) is 47.8 Å². The molecule has 27 heavy (non-hydrogen) atoms. The molecule has 1 aliphatic carbocycles. The zero-order valence-electron chi connectivity index (χ0n) is 15.0. The van der Waals surface area contributed by atoms with Gasteiger partial charge in [-0.3, -0.25) is 4.79 Å². The number of likely N-dealkylation sites (tertiary alicyclic amines) is 1. The number of hydrogen-bond acceptors (Lipinski definition) is 6. The number of piperidine rings is 1. The Balaban J connectivity index is 1.13. The van der Waals surface area contributed by atoms with Crippen LogP contribution < -0.4 is 4.74 Å². The predicted molar refractivity (Wildman–Crippen MR) is 95.6 cm³/mol. The zero-order chi connectivity index (χ0) is 18.2. The minimum atomic E-state index is -0.0303. The van der Waals surface area contributed by atoms with E-state index in [4.69, 9.17) is 9.26 Å². The molecule has 2 aliphatic rings. The number of amides is 1. The van der Waals surface area contributed by atoms with Crippen LogP contribution >= 0.6 is 0 Å². The third kappa shape index (κ3) is 3.39. The second-order valence-corrected chi connectivity index (χ2v) is 7.34. The SMILES string of the molecule is O=C(c1cc(C2CC2)on1)N1CCC(COc2ccc3nccn3n2)CC1. The van der Waals surface area contributed by atoms with Crippen molar-refractivity contribution in [2.75, 3.05) is 19.7 Å². The van der Waals surface area contributed by atoms with Crippen molar-refractivity contribution in [3.05, 3.63) is 42.0 Å². The number of carbonyl (C=O) groups is 1. The van der Waals surface area contributed by atoms with E-state index in [1.807, 2.05) is 23.1 Å². The van der Waals surface area contributed by atoms with Crippen LogP contribution in [-0.2, 0) is 0 Å². The van der Waals surface area contributed by atoms with E-state index in [2.05, 4.69) is 15.2 Å². The molecule has 1 saturated carbocycles. The van der Waals surface area contributed by atoms with Crippen molar-refractivity contribution in [2.45, 2.75) is 31.6 Å². The largest absolute Gasteiger partial charge is 0.476 e. The van der Waals surface area contributed by atoms with Crippen LogP contribution in [0.3, 0.4) is 0 Å². The van der Waals surface area contributed by atoms with Crippen LogP contribution in [0.5, 0.6) is 5.88 Å². The molecule has 1 saturated heterocycles. The summed E-state index contributed by atoms with van der Waals surface area (Å²) in [4.78, 5) is 18.6. The number of rotatable bonds is 5. The van der Waals surface area contributed by atoms with Gasteiger partial charge in [-0.2, -0.15) is 0 Å². The lowest BCUT2D eigenvalue weighted by Gasteiger charge is -2.31. The van der Waals surface area contributed by atoms with Gasteiger partial charge >= 0.3 is 0 Å². The number of hydrogen-bond donors (Lipinski definition) is 0. The number of fused-ring (bicyclic) bond motifs is 1. The molecule has 8 heteroatoms. The fourth-order valence-corrected chi connectivity index (χ4v) is 3.49. The van der Waals surface area contributed by atoms with Gasteiger partial charge in [0.25, 0.3) is 5.91 Å². The molecule has 2 fully saturated rings.